The van der Waals surface area contributed by atoms with E-state index >= 15 is 0 Å². The Kier molecular flexibility index (Phi) is 6.60. The summed E-state index contributed by atoms with van der Waals surface area (Å²) in [5.41, 5.74) is 4.61. The summed E-state index contributed by atoms with van der Waals surface area (Å²) < 4.78 is 12.1. The second-order valence-electron chi connectivity index (χ2n) is 6.19. The average molecular weight is 398 g/mol. The fraction of sp³-hybridized carbons (Fsp3) is 0.286. The second-order valence-corrected chi connectivity index (χ2v) is 7.22. The van der Waals surface area contributed by atoms with Crippen molar-refractivity contribution in [3.05, 3.63) is 53.0 Å². The zero-order chi connectivity index (χ0) is 19.9. The summed E-state index contributed by atoms with van der Waals surface area (Å²) in [6, 6.07) is 13.0. The summed E-state index contributed by atoms with van der Waals surface area (Å²) in [5.74, 6) is 0.830. The molecule has 1 heterocycles. The maximum absolute atomic E-state index is 12.5. The Balaban J connectivity index is 1.70. The van der Waals surface area contributed by atoms with Crippen LogP contribution in [0.1, 0.15) is 42.1 Å². The fourth-order valence-electron chi connectivity index (χ4n) is 2.53. The number of ether oxygens (including phenoxy) is 2. The highest BCUT2D eigenvalue weighted by Gasteiger charge is 2.12. The lowest BCUT2D eigenvalue weighted by atomic mass is 10.2. The molecular formula is C21H23N3O3S. The van der Waals surface area contributed by atoms with Crippen LogP contribution >= 0.6 is 11.3 Å². The van der Waals surface area contributed by atoms with E-state index in [0.29, 0.717) is 29.4 Å². The minimum atomic E-state index is -0.320. The Bertz CT molecular complexity index is 964. The lowest BCUT2D eigenvalue weighted by molar-refractivity contribution is 0.0954. The number of thiazole rings is 1. The number of methoxy groups -OCH3 is 1. The molecule has 0 bridgehead atoms. The molecule has 3 rings (SSSR count). The van der Waals surface area contributed by atoms with Gasteiger partial charge < -0.3 is 9.47 Å². The third-order valence-electron chi connectivity index (χ3n) is 4.11. The molecule has 0 spiro atoms. The molecule has 0 atom stereocenters. The minimum absolute atomic E-state index is 0.320. The summed E-state index contributed by atoms with van der Waals surface area (Å²) in [7, 11) is 1.55. The van der Waals surface area contributed by atoms with Gasteiger partial charge in [0.05, 0.1) is 29.6 Å². The molecule has 146 valence electrons. The highest BCUT2D eigenvalue weighted by atomic mass is 32.1. The van der Waals surface area contributed by atoms with Crippen molar-refractivity contribution in [3.8, 4) is 11.5 Å². The van der Waals surface area contributed by atoms with Crippen LogP contribution in [0.3, 0.4) is 0 Å². The van der Waals surface area contributed by atoms with Gasteiger partial charge in [-0.25, -0.2) is 10.4 Å². The summed E-state index contributed by atoms with van der Waals surface area (Å²) in [5, 5.41) is 4.97. The van der Waals surface area contributed by atoms with E-state index in [2.05, 4.69) is 22.4 Å². The molecule has 0 fully saturated rings. The number of hydrazone groups is 1. The topological polar surface area (TPSA) is 72.8 Å². The van der Waals surface area contributed by atoms with Crippen molar-refractivity contribution >= 4 is 33.2 Å². The number of hydrogen-bond acceptors (Lipinski definition) is 6. The standard InChI is InChI=1S/C21H23N3O3S/c1-4-5-12-27-17-11-10-15(13-18(17)26-3)20(25)24-23-14(2)21-22-16-8-6-7-9-19(16)28-21/h6-11,13H,4-5,12H2,1-3H3,(H,24,25)/b23-14-. The van der Waals surface area contributed by atoms with E-state index in [9.17, 15) is 4.79 Å². The number of nitrogens with zero attached hydrogens (tertiary/aromatic N) is 2. The molecule has 0 saturated heterocycles. The van der Waals surface area contributed by atoms with Crippen molar-refractivity contribution in [1.82, 2.24) is 10.4 Å². The number of aromatic nitrogens is 1. The summed E-state index contributed by atoms with van der Waals surface area (Å²) in [6.07, 6.45) is 2.01. The molecule has 1 aromatic heterocycles. The monoisotopic (exact) mass is 397 g/mol. The van der Waals surface area contributed by atoms with Gasteiger partial charge in [-0.3, -0.25) is 4.79 Å². The van der Waals surface area contributed by atoms with Gasteiger partial charge in [0.25, 0.3) is 5.91 Å². The van der Waals surface area contributed by atoms with Gasteiger partial charge in [-0.15, -0.1) is 11.3 Å². The van der Waals surface area contributed by atoms with Crippen molar-refractivity contribution in [3.63, 3.8) is 0 Å². The van der Waals surface area contributed by atoms with Crippen molar-refractivity contribution < 1.29 is 14.3 Å². The highest BCUT2D eigenvalue weighted by Crippen LogP contribution is 2.28. The third-order valence-corrected chi connectivity index (χ3v) is 5.25. The predicted octanol–water partition coefficient (Wildman–Crippen LogP) is 4.64. The normalized spacial score (nSPS) is 11.5. The van der Waals surface area contributed by atoms with E-state index in [1.807, 2.05) is 31.2 Å². The van der Waals surface area contributed by atoms with Crippen LogP contribution in [0.2, 0.25) is 0 Å². The number of nitrogens with one attached hydrogen (secondary N) is 1. The lowest BCUT2D eigenvalue weighted by Crippen LogP contribution is -2.19. The Morgan fingerprint density at radius 3 is 2.79 bits per heavy atom. The van der Waals surface area contributed by atoms with Crippen molar-refractivity contribution in [2.24, 2.45) is 5.10 Å². The van der Waals surface area contributed by atoms with E-state index in [4.69, 9.17) is 9.47 Å². The molecule has 0 aliphatic rings. The Hall–Kier alpha value is -2.93. The van der Waals surface area contributed by atoms with E-state index in [1.54, 1.807) is 36.6 Å². The maximum atomic E-state index is 12.5. The van der Waals surface area contributed by atoms with Crippen LogP contribution in [0.15, 0.2) is 47.6 Å². The number of amides is 1. The largest absolute Gasteiger partial charge is 0.493 e. The van der Waals surface area contributed by atoms with Gasteiger partial charge in [-0.05, 0) is 43.7 Å². The SMILES string of the molecule is CCCCOc1ccc(C(=O)N/N=C(/C)c2nc3ccccc3s2)cc1OC. The Morgan fingerprint density at radius 2 is 2.04 bits per heavy atom. The Morgan fingerprint density at radius 1 is 1.21 bits per heavy atom. The number of hydrogen-bond donors (Lipinski definition) is 1. The first-order valence-corrected chi connectivity index (χ1v) is 9.95. The molecule has 6 nitrogen and oxygen atoms in total. The smallest absolute Gasteiger partial charge is 0.271 e. The maximum Gasteiger partial charge on any atom is 0.271 e. The first-order chi connectivity index (χ1) is 13.6. The fourth-order valence-corrected chi connectivity index (χ4v) is 3.44. The zero-order valence-corrected chi connectivity index (χ0v) is 17.0. The van der Waals surface area contributed by atoms with Crippen molar-refractivity contribution in [2.75, 3.05) is 13.7 Å². The van der Waals surface area contributed by atoms with E-state index in [0.717, 1.165) is 28.1 Å². The van der Waals surface area contributed by atoms with E-state index < -0.39 is 0 Å². The summed E-state index contributed by atoms with van der Waals surface area (Å²) in [4.78, 5) is 17.0. The van der Waals surface area contributed by atoms with Gasteiger partial charge in [0.2, 0.25) is 0 Å². The van der Waals surface area contributed by atoms with Crippen LogP contribution in [0, 0.1) is 0 Å². The van der Waals surface area contributed by atoms with Crippen molar-refractivity contribution in [2.45, 2.75) is 26.7 Å². The van der Waals surface area contributed by atoms with Crippen molar-refractivity contribution in [1.29, 1.82) is 0 Å². The molecule has 0 radical (unpaired) electrons. The van der Waals surface area contributed by atoms with Crippen LogP contribution in [0.4, 0.5) is 0 Å². The van der Waals surface area contributed by atoms with Gasteiger partial charge in [0.15, 0.2) is 11.5 Å². The third kappa shape index (κ3) is 4.67. The molecule has 0 aliphatic carbocycles. The van der Waals surface area contributed by atoms with Crippen LogP contribution in [0.25, 0.3) is 10.2 Å². The number of carbonyl (C=O) groups is 1. The average Bonchev–Trinajstić information content (AvgIpc) is 3.16. The second kappa shape index (κ2) is 9.32. The molecule has 1 N–H and O–H groups in total. The minimum Gasteiger partial charge on any atom is -0.493 e. The molecule has 0 aliphatic heterocycles. The van der Waals surface area contributed by atoms with Gasteiger partial charge in [0, 0.05) is 5.56 Å². The molecule has 1 amide bonds. The molecule has 0 unspecified atom stereocenters. The number of para-hydroxylation sites is 1. The number of unbranched alkanes of at least 4 members (excludes halogenated alkanes) is 1. The molecule has 2 aromatic carbocycles. The molecule has 28 heavy (non-hydrogen) atoms. The molecule has 7 heteroatoms. The van der Waals surface area contributed by atoms with Gasteiger partial charge in [0.1, 0.15) is 5.01 Å². The molecular weight excluding hydrogens is 374 g/mol. The first kappa shape index (κ1) is 19.8. The summed E-state index contributed by atoms with van der Waals surface area (Å²) in [6.45, 7) is 4.54. The molecule has 3 aromatic rings. The van der Waals surface area contributed by atoms with Crippen LogP contribution in [-0.2, 0) is 0 Å². The number of rotatable bonds is 8. The van der Waals surface area contributed by atoms with E-state index in [-0.39, 0.29) is 5.91 Å². The van der Waals surface area contributed by atoms with Gasteiger partial charge >= 0.3 is 0 Å². The van der Waals surface area contributed by atoms with Gasteiger partial charge in [-0.1, -0.05) is 25.5 Å². The summed E-state index contributed by atoms with van der Waals surface area (Å²) >= 11 is 1.54. The number of benzene rings is 2. The number of fused-ring (bicyclic) bond motifs is 1. The van der Waals surface area contributed by atoms with Crippen LogP contribution < -0.4 is 14.9 Å². The quantitative estimate of drug-likeness (QED) is 0.341. The van der Waals surface area contributed by atoms with Gasteiger partial charge in [-0.2, -0.15) is 5.10 Å². The molecule has 0 saturated carbocycles. The zero-order valence-electron chi connectivity index (χ0n) is 16.2. The Labute approximate surface area is 168 Å². The lowest BCUT2D eigenvalue weighted by Gasteiger charge is -2.11. The first-order valence-electron chi connectivity index (χ1n) is 9.13. The van der Waals surface area contributed by atoms with Crippen LogP contribution in [-0.4, -0.2) is 30.3 Å². The number of carbonyl (C=O) groups excluding carboxylic acids is 1. The van der Waals surface area contributed by atoms with Crippen LogP contribution in [0.5, 0.6) is 11.5 Å². The predicted molar refractivity (Wildman–Crippen MR) is 113 cm³/mol. The highest BCUT2D eigenvalue weighted by molar-refractivity contribution is 7.20. The van der Waals surface area contributed by atoms with E-state index in [1.165, 1.54) is 0 Å².